The zero-order valence-corrected chi connectivity index (χ0v) is 14.4. The number of ether oxygens (including phenoxy) is 1. The van der Waals surface area contributed by atoms with Crippen molar-refractivity contribution in [2.75, 3.05) is 12.4 Å². The first-order chi connectivity index (χ1) is 12.3. The average molecular weight is 331 g/mol. The monoisotopic (exact) mass is 331 g/mol. The molecule has 0 bridgehead atoms. The number of hydrogen-bond donors (Lipinski definition) is 1. The highest BCUT2D eigenvalue weighted by molar-refractivity contribution is 5.65. The number of nitrogens with zero attached hydrogens (tertiary/aromatic N) is 2. The van der Waals surface area contributed by atoms with Crippen LogP contribution < -0.4 is 10.1 Å². The fourth-order valence-corrected chi connectivity index (χ4v) is 2.47. The first-order valence-corrected chi connectivity index (χ1v) is 8.19. The first-order valence-electron chi connectivity index (χ1n) is 8.19. The molecule has 0 saturated heterocycles. The number of rotatable bonds is 6. The van der Waals surface area contributed by atoms with Gasteiger partial charge in [-0.05, 0) is 37.3 Å². The lowest BCUT2D eigenvalue weighted by Crippen LogP contribution is -2.01. The van der Waals surface area contributed by atoms with Crippen LogP contribution in [-0.4, -0.2) is 7.11 Å². The third-order valence-corrected chi connectivity index (χ3v) is 3.87. The summed E-state index contributed by atoms with van der Waals surface area (Å²) in [6, 6.07) is 23.8. The van der Waals surface area contributed by atoms with E-state index >= 15 is 0 Å². The topological polar surface area (TPSA) is 46.0 Å². The first kappa shape index (κ1) is 16.7. The second-order valence-electron chi connectivity index (χ2n) is 5.72. The molecular weight excluding hydrogens is 310 g/mol. The maximum Gasteiger partial charge on any atom is 0.123 e. The molecular formula is C21H21N3O. The molecule has 3 aromatic carbocycles. The molecule has 0 aliphatic rings. The lowest BCUT2D eigenvalue weighted by atomic mass is 10.2. The third kappa shape index (κ3) is 4.44. The molecule has 126 valence electrons. The Morgan fingerprint density at radius 3 is 2.36 bits per heavy atom. The Hall–Kier alpha value is -3.14. The molecule has 0 aromatic heterocycles. The number of anilines is 1. The Morgan fingerprint density at radius 1 is 0.840 bits per heavy atom. The predicted octanol–water partition coefficient (Wildman–Crippen LogP) is 6.03. The summed E-state index contributed by atoms with van der Waals surface area (Å²) >= 11 is 0. The Balaban J connectivity index is 1.75. The molecule has 0 spiro atoms. The maximum atomic E-state index is 5.40. The molecule has 0 fully saturated rings. The van der Waals surface area contributed by atoms with E-state index in [1.54, 1.807) is 7.11 Å². The van der Waals surface area contributed by atoms with Crippen LogP contribution in [0.3, 0.4) is 0 Å². The highest BCUT2D eigenvalue weighted by atomic mass is 16.5. The lowest BCUT2D eigenvalue weighted by Gasteiger charge is -2.11. The summed E-state index contributed by atoms with van der Waals surface area (Å²) in [4.78, 5) is 0. The van der Waals surface area contributed by atoms with Gasteiger partial charge in [-0.3, -0.25) is 0 Å². The van der Waals surface area contributed by atoms with Crippen LogP contribution in [0.1, 0.15) is 11.1 Å². The summed E-state index contributed by atoms with van der Waals surface area (Å²) in [6.07, 6.45) is 0. The van der Waals surface area contributed by atoms with Crippen LogP contribution in [0.25, 0.3) is 0 Å². The Bertz CT molecular complexity index is 857. The molecule has 1 N–H and O–H groups in total. The Morgan fingerprint density at radius 2 is 1.56 bits per heavy atom. The van der Waals surface area contributed by atoms with Crippen LogP contribution in [0, 0.1) is 6.92 Å². The van der Waals surface area contributed by atoms with E-state index in [1.807, 2.05) is 72.8 Å². The molecule has 0 saturated carbocycles. The fraction of sp³-hybridized carbons (Fsp3) is 0.143. The third-order valence-electron chi connectivity index (χ3n) is 3.87. The van der Waals surface area contributed by atoms with Crippen molar-refractivity contribution < 1.29 is 4.74 Å². The van der Waals surface area contributed by atoms with Gasteiger partial charge in [0.15, 0.2) is 0 Å². The molecule has 0 atom stereocenters. The number of benzene rings is 3. The van der Waals surface area contributed by atoms with Crippen LogP contribution >= 0.6 is 0 Å². The minimum absolute atomic E-state index is 0.654. The quantitative estimate of drug-likeness (QED) is 0.560. The highest BCUT2D eigenvalue weighted by Gasteiger charge is 2.04. The maximum absolute atomic E-state index is 5.40. The Labute approximate surface area is 148 Å². The molecule has 0 aliphatic heterocycles. The zero-order chi connectivity index (χ0) is 17.5. The van der Waals surface area contributed by atoms with Crippen molar-refractivity contribution in [2.45, 2.75) is 13.5 Å². The van der Waals surface area contributed by atoms with E-state index in [2.05, 4.69) is 22.5 Å². The van der Waals surface area contributed by atoms with E-state index in [0.29, 0.717) is 6.54 Å². The van der Waals surface area contributed by atoms with E-state index in [-0.39, 0.29) is 0 Å². The van der Waals surface area contributed by atoms with Crippen molar-refractivity contribution in [2.24, 2.45) is 10.2 Å². The number of aryl methyl sites for hydroxylation is 1. The van der Waals surface area contributed by atoms with Gasteiger partial charge >= 0.3 is 0 Å². The largest absolute Gasteiger partial charge is 0.496 e. The van der Waals surface area contributed by atoms with Gasteiger partial charge in [0.05, 0.1) is 18.5 Å². The predicted molar refractivity (Wildman–Crippen MR) is 102 cm³/mol. The molecule has 3 rings (SSSR count). The van der Waals surface area contributed by atoms with Gasteiger partial charge in [-0.15, -0.1) is 5.11 Å². The minimum Gasteiger partial charge on any atom is -0.496 e. The highest BCUT2D eigenvalue weighted by Crippen LogP contribution is 2.28. The van der Waals surface area contributed by atoms with Gasteiger partial charge in [-0.25, -0.2) is 0 Å². The number of azo groups is 1. The fourth-order valence-electron chi connectivity index (χ4n) is 2.47. The van der Waals surface area contributed by atoms with E-state index in [4.69, 9.17) is 4.74 Å². The van der Waals surface area contributed by atoms with Crippen LogP contribution in [0.15, 0.2) is 83.0 Å². The van der Waals surface area contributed by atoms with E-state index in [1.165, 1.54) is 5.56 Å². The number of nitrogens with one attached hydrogen (secondary N) is 1. The van der Waals surface area contributed by atoms with Crippen LogP contribution in [0.4, 0.5) is 17.1 Å². The second-order valence-corrected chi connectivity index (χ2v) is 5.72. The summed E-state index contributed by atoms with van der Waals surface area (Å²) in [5.74, 6) is 0.869. The van der Waals surface area contributed by atoms with Crippen LogP contribution in [-0.2, 0) is 6.54 Å². The normalized spacial score (nSPS) is 10.8. The molecule has 0 heterocycles. The van der Waals surface area contributed by atoms with Crippen molar-refractivity contribution in [1.82, 2.24) is 0 Å². The van der Waals surface area contributed by atoms with E-state index in [9.17, 15) is 0 Å². The smallest absolute Gasteiger partial charge is 0.123 e. The van der Waals surface area contributed by atoms with E-state index < -0.39 is 0 Å². The van der Waals surface area contributed by atoms with Gasteiger partial charge in [-0.2, -0.15) is 5.11 Å². The molecule has 3 aromatic rings. The van der Waals surface area contributed by atoms with Gasteiger partial charge in [0.2, 0.25) is 0 Å². The summed E-state index contributed by atoms with van der Waals surface area (Å²) in [6.45, 7) is 2.71. The van der Waals surface area contributed by atoms with Crippen LogP contribution in [0.2, 0.25) is 0 Å². The summed E-state index contributed by atoms with van der Waals surface area (Å²) in [7, 11) is 1.68. The van der Waals surface area contributed by atoms with Gasteiger partial charge in [0.1, 0.15) is 11.4 Å². The van der Waals surface area contributed by atoms with E-state index in [0.717, 1.165) is 28.4 Å². The summed E-state index contributed by atoms with van der Waals surface area (Å²) < 4.78 is 5.40. The van der Waals surface area contributed by atoms with Crippen molar-refractivity contribution in [1.29, 1.82) is 0 Å². The zero-order valence-electron chi connectivity index (χ0n) is 14.4. The van der Waals surface area contributed by atoms with Crippen LogP contribution in [0.5, 0.6) is 5.75 Å². The van der Waals surface area contributed by atoms with Crippen molar-refractivity contribution >= 4 is 17.1 Å². The van der Waals surface area contributed by atoms with Gasteiger partial charge < -0.3 is 10.1 Å². The SMILES string of the molecule is COc1ccccc1CNc1ccccc1N=Nc1ccc(C)cc1. The van der Waals surface area contributed by atoms with Gasteiger partial charge in [0, 0.05) is 12.1 Å². The molecule has 4 nitrogen and oxygen atoms in total. The van der Waals surface area contributed by atoms with Gasteiger partial charge in [-0.1, -0.05) is 48.0 Å². The second kappa shape index (κ2) is 8.11. The van der Waals surface area contributed by atoms with Gasteiger partial charge in [0.25, 0.3) is 0 Å². The molecule has 4 heteroatoms. The number of hydrogen-bond acceptors (Lipinski definition) is 4. The van der Waals surface area contributed by atoms with Crippen molar-refractivity contribution in [3.63, 3.8) is 0 Å². The average Bonchev–Trinajstić information content (AvgIpc) is 2.67. The van der Waals surface area contributed by atoms with Crippen molar-refractivity contribution in [3.05, 3.63) is 83.9 Å². The summed E-state index contributed by atoms with van der Waals surface area (Å²) in [5, 5.41) is 12.1. The molecule has 0 amide bonds. The molecule has 0 unspecified atom stereocenters. The van der Waals surface area contributed by atoms with Crippen molar-refractivity contribution in [3.8, 4) is 5.75 Å². The lowest BCUT2D eigenvalue weighted by molar-refractivity contribution is 0.410. The minimum atomic E-state index is 0.654. The molecule has 0 radical (unpaired) electrons. The molecule has 0 aliphatic carbocycles. The summed E-state index contributed by atoms with van der Waals surface area (Å²) in [5.41, 5.74) is 4.88. The Kier molecular flexibility index (Phi) is 5.42. The number of para-hydroxylation sites is 2. The standard InChI is InChI=1S/C21H21N3O/c1-16-11-13-18(14-12-16)23-24-20-9-5-4-8-19(20)22-15-17-7-3-6-10-21(17)25-2/h3-14,22H,15H2,1-2H3. The number of methoxy groups -OCH3 is 1. The molecule has 25 heavy (non-hydrogen) atoms.